The van der Waals surface area contributed by atoms with Crippen molar-refractivity contribution in [1.29, 1.82) is 0 Å². The highest BCUT2D eigenvalue weighted by atomic mass is 127. The van der Waals surface area contributed by atoms with Crippen molar-refractivity contribution in [2.75, 3.05) is 32.1 Å². The van der Waals surface area contributed by atoms with Gasteiger partial charge in [-0.05, 0) is 44.1 Å². The number of hydrogen-bond acceptors (Lipinski definition) is 4. The van der Waals surface area contributed by atoms with Crippen LogP contribution >= 0.6 is 24.0 Å². The highest BCUT2D eigenvalue weighted by Crippen LogP contribution is 2.26. The first-order valence-corrected chi connectivity index (χ1v) is 8.69. The fourth-order valence-electron chi connectivity index (χ4n) is 3.21. The van der Waals surface area contributed by atoms with Crippen molar-refractivity contribution in [3.8, 4) is 0 Å². The van der Waals surface area contributed by atoms with Crippen molar-refractivity contribution in [2.45, 2.75) is 25.5 Å². The molecule has 1 atom stereocenters. The number of guanidine groups is 1. The van der Waals surface area contributed by atoms with E-state index in [2.05, 4.69) is 15.2 Å². The van der Waals surface area contributed by atoms with Crippen LogP contribution in [0.4, 0.5) is 5.69 Å². The third-order valence-corrected chi connectivity index (χ3v) is 4.47. The first-order chi connectivity index (χ1) is 12.3. The van der Waals surface area contributed by atoms with Crippen molar-refractivity contribution in [3.63, 3.8) is 0 Å². The van der Waals surface area contributed by atoms with Crippen LogP contribution in [0, 0.1) is 0 Å². The van der Waals surface area contributed by atoms with Gasteiger partial charge in [-0.25, -0.2) is 0 Å². The fourth-order valence-corrected chi connectivity index (χ4v) is 3.21. The van der Waals surface area contributed by atoms with E-state index in [1.165, 1.54) is 12.8 Å². The molecular formula is C19H27IN4O2. The maximum Gasteiger partial charge on any atom is 0.193 e. The lowest BCUT2D eigenvalue weighted by Crippen LogP contribution is -2.30. The maximum absolute atomic E-state index is 6.12. The third-order valence-electron chi connectivity index (χ3n) is 4.47. The maximum atomic E-state index is 6.12. The molecule has 0 radical (unpaired) electrons. The van der Waals surface area contributed by atoms with E-state index in [1.54, 1.807) is 13.4 Å². The Morgan fingerprint density at radius 1 is 1.27 bits per heavy atom. The summed E-state index contributed by atoms with van der Waals surface area (Å²) in [5.74, 6) is 1.34. The second kappa shape index (κ2) is 10.5. The minimum atomic E-state index is 0. The van der Waals surface area contributed by atoms with Gasteiger partial charge < -0.3 is 20.2 Å². The Bertz CT molecular complexity index is 685. The molecule has 1 aliphatic rings. The van der Waals surface area contributed by atoms with Gasteiger partial charge in [0.05, 0.1) is 25.5 Å². The highest BCUT2D eigenvalue weighted by molar-refractivity contribution is 14.0. The van der Waals surface area contributed by atoms with Crippen molar-refractivity contribution < 1.29 is 9.15 Å². The minimum absolute atomic E-state index is 0. The van der Waals surface area contributed by atoms with Crippen LogP contribution < -0.4 is 11.1 Å². The van der Waals surface area contributed by atoms with Gasteiger partial charge in [0.25, 0.3) is 0 Å². The van der Waals surface area contributed by atoms with Crippen molar-refractivity contribution in [3.05, 3.63) is 54.0 Å². The number of methoxy groups -OCH3 is 1. The topological polar surface area (TPSA) is 76.0 Å². The number of halogens is 1. The summed E-state index contributed by atoms with van der Waals surface area (Å²) in [5, 5.41) is 3.19. The molecule has 0 aliphatic carbocycles. The van der Waals surface area contributed by atoms with Crippen LogP contribution in [-0.4, -0.2) is 37.6 Å². The van der Waals surface area contributed by atoms with E-state index in [1.807, 2.05) is 36.4 Å². The van der Waals surface area contributed by atoms with Gasteiger partial charge in [-0.1, -0.05) is 18.2 Å². The molecule has 3 N–H and O–H groups in total. The number of aliphatic imine (C=N–C) groups is 1. The van der Waals surface area contributed by atoms with E-state index in [-0.39, 0.29) is 30.0 Å². The zero-order valence-electron chi connectivity index (χ0n) is 15.1. The lowest BCUT2D eigenvalue weighted by Gasteiger charge is -2.24. The molecule has 142 valence electrons. The Balaban J connectivity index is 0.00000243. The minimum Gasteiger partial charge on any atom is -0.468 e. The lowest BCUT2D eigenvalue weighted by atomic mass is 10.2. The normalized spacial score (nSPS) is 16.3. The number of benzene rings is 1. The first kappa shape index (κ1) is 20.7. The molecule has 7 heteroatoms. The predicted molar refractivity (Wildman–Crippen MR) is 115 cm³/mol. The summed E-state index contributed by atoms with van der Waals surface area (Å²) in [6.45, 7) is 3.24. The van der Waals surface area contributed by atoms with E-state index < -0.39 is 0 Å². The third kappa shape index (κ3) is 5.46. The largest absolute Gasteiger partial charge is 0.468 e. The lowest BCUT2D eigenvalue weighted by molar-refractivity contribution is 0.185. The molecule has 1 aliphatic heterocycles. The summed E-state index contributed by atoms with van der Waals surface area (Å²) in [6, 6.07) is 12.0. The quantitative estimate of drug-likeness (QED) is 0.368. The van der Waals surface area contributed by atoms with Crippen LogP contribution in [0.2, 0.25) is 0 Å². The molecule has 1 fully saturated rings. The molecule has 0 amide bonds. The SMILES string of the molecule is COCc1ccccc1NC(N)=NCC(c1ccco1)N1CCCC1.I. The van der Waals surface area contributed by atoms with Crippen molar-refractivity contribution in [2.24, 2.45) is 10.7 Å². The average molecular weight is 470 g/mol. The molecule has 1 aromatic heterocycles. The summed E-state index contributed by atoms with van der Waals surface area (Å²) in [4.78, 5) is 6.97. The smallest absolute Gasteiger partial charge is 0.193 e. The van der Waals surface area contributed by atoms with E-state index >= 15 is 0 Å². The summed E-state index contributed by atoms with van der Waals surface area (Å²) < 4.78 is 10.8. The Kier molecular flexibility index (Phi) is 8.40. The molecule has 0 spiro atoms. The van der Waals surface area contributed by atoms with E-state index in [4.69, 9.17) is 14.9 Å². The second-order valence-electron chi connectivity index (χ2n) is 6.22. The molecule has 1 unspecified atom stereocenters. The van der Waals surface area contributed by atoms with Crippen LogP contribution in [0.3, 0.4) is 0 Å². The van der Waals surface area contributed by atoms with Crippen LogP contribution in [0.25, 0.3) is 0 Å². The Hall–Kier alpha value is -1.58. The number of nitrogens with two attached hydrogens (primary N) is 1. The van der Waals surface area contributed by atoms with Gasteiger partial charge in [-0.15, -0.1) is 24.0 Å². The van der Waals surface area contributed by atoms with Gasteiger partial charge in [0.1, 0.15) is 5.76 Å². The molecule has 6 nitrogen and oxygen atoms in total. The summed E-state index contributed by atoms with van der Waals surface area (Å²) in [6.07, 6.45) is 4.16. The van der Waals surface area contributed by atoms with E-state index in [9.17, 15) is 0 Å². The number of rotatable bonds is 7. The zero-order valence-corrected chi connectivity index (χ0v) is 17.4. The number of likely N-dealkylation sites (tertiary alicyclic amines) is 1. The number of hydrogen-bond donors (Lipinski definition) is 2. The Morgan fingerprint density at radius 3 is 2.73 bits per heavy atom. The highest BCUT2D eigenvalue weighted by Gasteiger charge is 2.25. The fraction of sp³-hybridized carbons (Fsp3) is 0.421. The average Bonchev–Trinajstić information content (AvgIpc) is 3.31. The standard InChI is InChI=1S/C19H26N4O2.HI/c1-24-14-15-7-2-3-8-16(15)22-19(20)21-13-17(18-9-6-12-25-18)23-10-4-5-11-23;/h2-3,6-9,12,17H,4-5,10-11,13-14H2,1H3,(H3,20,21,22);1H. The summed E-state index contributed by atoms with van der Waals surface area (Å²) in [7, 11) is 1.68. The van der Waals surface area contributed by atoms with E-state index in [0.717, 1.165) is 30.1 Å². The Morgan fingerprint density at radius 2 is 2.04 bits per heavy atom. The number of nitrogens with zero attached hydrogens (tertiary/aromatic N) is 2. The summed E-state index contributed by atoms with van der Waals surface area (Å²) in [5.41, 5.74) is 8.08. The molecule has 1 saturated heterocycles. The molecule has 1 aromatic carbocycles. The van der Waals surface area contributed by atoms with E-state index in [0.29, 0.717) is 19.1 Å². The molecule has 2 aromatic rings. The molecule has 0 bridgehead atoms. The first-order valence-electron chi connectivity index (χ1n) is 8.69. The van der Waals surface area contributed by atoms with Crippen LogP contribution in [0.1, 0.15) is 30.2 Å². The van der Waals surface area contributed by atoms with Gasteiger partial charge in [0.2, 0.25) is 0 Å². The molecule has 26 heavy (non-hydrogen) atoms. The molecular weight excluding hydrogens is 443 g/mol. The number of ether oxygens (including phenoxy) is 1. The molecule has 3 rings (SSSR count). The van der Waals surface area contributed by atoms with Gasteiger partial charge >= 0.3 is 0 Å². The van der Waals surface area contributed by atoms with Gasteiger partial charge in [-0.3, -0.25) is 9.89 Å². The monoisotopic (exact) mass is 470 g/mol. The molecule has 2 heterocycles. The number of para-hydroxylation sites is 1. The Labute approximate surface area is 171 Å². The number of anilines is 1. The van der Waals surface area contributed by atoms with Crippen LogP contribution in [-0.2, 0) is 11.3 Å². The predicted octanol–water partition coefficient (Wildman–Crippen LogP) is 3.61. The van der Waals surface area contributed by atoms with Crippen molar-refractivity contribution in [1.82, 2.24) is 4.90 Å². The zero-order chi connectivity index (χ0) is 17.5. The van der Waals surface area contributed by atoms with Crippen LogP contribution in [0.15, 0.2) is 52.1 Å². The van der Waals surface area contributed by atoms with Gasteiger partial charge in [-0.2, -0.15) is 0 Å². The van der Waals surface area contributed by atoms with Crippen molar-refractivity contribution >= 4 is 35.6 Å². The number of furan rings is 1. The second-order valence-corrected chi connectivity index (χ2v) is 6.22. The summed E-state index contributed by atoms with van der Waals surface area (Å²) >= 11 is 0. The number of nitrogens with one attached hydrogen (secondary N) is 1. The van der Waals surface area contributed by atoms with Gasteiger partial charge in [0.15, 0.2) is 5.96 Å². The molecule has 0 saturated carbocycles. The van der Waals surface area contributed by atoms with Crippen LogP contribution in [0.5, 0.6) is 0 Å². The van der Waals surface area contributed by atoms with Gasteiger partial charge in [0, 0.05) is 18.4 Å².